The highest BCUT2D eigenvalue weighted by molar-refractivity contribution is 7.92. The van der Waals surface area contributed by atoms with Gasteiger partial charge in [0, 0.05) is 42.5 Å². The number of halogens is 3. The normalized spacial score (nSPS) is 14.7. The number of alkyl halides is 3. The average Bonchev–Trinajstić information content (AvgIpc) is 2.94. The van der Waals surface area contributed by atoms with Crippen LogP contribution in [0.15, 0.2) is 83.9 Å². The molecule has 4 aromatic rings. The lowest BCUT2D eigenvalue weighted by atomic mass is 9.98. The van der Waals surface area contributed by atoms with Crippen LogP contribution in [0.3, 0.4) is 0 Å². The first-order valence-electron chi connectivity index (χ1n) is 12.4. The number of nitrogens with one attached hydrogen (secondary N) is 2. The fourth-order valence-electron chi connectivity index (χ4n) is 4.48. The Kier molecular flexibility index (Phi) is 7.74. The van der Waals surface area contributed by atoms with E-state index in [1.54, 1.807) is 6.07 Å². The van der Waals surface area contributed by atoms with Gasteiger partial charge in [-0.05, 0) is 41.3 Å². The van der Waals surface area contributed by atoms with E-state index in [0.717, 1.165) is 78.6 Å². The number of nitrogens with zero attached hydrogens (tertiary/aromatic N) is 2. The number of carbonyl (C=O) groups is 1. The lowest BCUT2D eigenvalue weighted by Crippen LogP contribution is -2.35. The first-order chi connectivity index (χ1) is 19.1. The monoisotopic (exact) mass is 570 g/mol. The number of urea groups is 1. The van der Waals surface area contributed by atoms with Crippen LogP contribution in [0.4, 0.5) is 29.3 Å². The van der Waals surface area contributed by atoms with Gasteiger partial charge in [-0.25, -0.2) is 13.2 Å². The van der Waals surface area contributed by atoms with E-state index in [2.05, 4.69) is 20.5 Å². The van der Waals surface area contributed by atoms with Gasteiger partial charge in [-0.15, -0.1) is 0 Å². The van der Waals surface area contributed by atoms with Gasteiger partial charge in [-0.1, -0.05) is 42.5 Å². The van der Waals surface area contributed by atoms with E-state index >= 15 is 0 Å². The van der Waals surface area contributed by atoms with Crippen molar-refractivity contribution in [3.8, 4) is 11.1 Å². The van der Waals surface area contributed by atoms with Gasteiger partial charge in [-0.3, -0.25) is 9.88 Å². The zero-order valence-electron chi connectivity index (χ0n) is 21.1. The molecule has 0 aliphatic carbocycles. The molecule has 40 heavy (non-hydrogen) atoms. The minimum Gasteiger partial charge on any atom is -0.379 e. The Hall–Kier alpha value is -4.00. The third kappa shape index (κ3) is 5.93. The molecule has 0 spiro atoms. The standard InChI is InChI=1S/C28H25F3N4O4S/c29-28(30,31)40(37,38)22-5-3-4-20(16-22)33-27(36)34-26-11-10-23(24-6-1-2-7-25(24)26)19-8-9-21(32-17-19)18-35-12-14-39-15-13-35/h1-11,16-17H,12-15,18H2,(H2,33,34,36). The molecule has 2 N–H and O–H groups in total. The summed E-state index contributed by atoms with van der Waals surface area (Å²) in [6, 6.07) is 18.3. The number of morpholine rings is 1. The number of rotatable bonds is 6. The molecule has 208 valence electrons. The maximum atomic E-state index is 12.9. The molecule has 1 aromatic heterocycles. The van der Waals surface area contributed by atoms with E-state index in [9.17, 15) is 26.4 Å². The Morgan fingerprint density at radius 3 is 2.38 bits per heavy atom. The molecule has 0 saturated carbocycles. The molecule has 5 rings (SSSR count). The lowest BCUT2D eigenvalue weighted by molar-refractivity contribution is -0.0436. The predicted molar refractivity (Wildman–Crippen MR) is 146 cm³/mol. The summed E-state index contributed by atoms with van der Waals surface area (Å²) in [4.78, 5) is 18.7. The van der Waals surface area contributed by atoms with Gasteiger partial charge in [0.05, 0.1) is 29.5 Å². The van der Waals surface area contributed by atoms with Crippen molar-refractivity contribution in [2.45, 2.75) is 16.9 Å². The van der Waals surface area contributed by atoms with Crippen molar-refractivity contribution in [2.24, 2.45) is 0 Å². The zero-order chi connectivity index (χ0) is 28.3. The third-order valence-electron chi connectivity index (χ3n) is 6.50. The summed E-state index contributed by atoms with van der Waals surface area (Å²) < 4.78 is 67.6. The fraction of sp³-hybridized carbons (Fsp3) is 0.214. The zero-order valence-corrected chi connectivity index (χ0v) is 21.9. The van der Waals surface area contributed by atoms with Crippen molar-refractivity contribution < 1.29 is 31.1 Å². The number of benzene rings is 3. The lowest BCUT2D eigenvalue weighted by Gasteiger charge is -2.26. The number of hydrogen-bond acceptors (Lipinski definition) is 6. The molecule has 1 saturated heterocycles. The summed E-state index contributed by atoms with van der Waals surface area (Å²) >= 11 is 0. The highest BCUT2D eigenvalue weighted by Gasteiger charge is 2.46. The van der Waals surface area contributed by atoms with Gasteiger partial charge in [0.25, 0.3) is 9.84 Å². The Morgan fingerprint density at radius 2 is 1.68 bits per heavy atom. The highest BCUT2D eigenvalue weighted by Crippen LogP contribution is 2.34. The summed E-state index contributed by atoms with van der Waals surface area (Å²) in [5.41, 5.74) is -2.32. The van der Waals surface area contributed by atoms with E-state index in [-0.39, 0.29) is 5.69 Å². The van der Waals surface area contributed by atoms with Gasteiger partial charge in [0.15, 0.2) is 0 Å². The fourth-order valence-corrected chi connectivity index (χ4v) is 5.29. The SMILES string of the molecule is O=C(Nc1cccc(S(=O)(=O)C(F)(F)F)c1)Nc1ccc(-c2ccc(CN3CCOCC3)nc2)c2ccccc12. The quantitative estimate of drug-likeness (QED) is 0.310. The van der Waals surface area contributed by atoms with Crippen LogP contribution in [0, 0.1) is 0 Å². The van der Waals surface area contributed by atoms with Gasteiger partial charge < -0.3 is 15.4 Å². The number of fused-ring (bicyclic) bond motifs is 1. The number of anilines is 2. The van der Waals surface area contributed by atoms with Crippen molar-refractivity contribution >= 4 is 38.0 Å². The second kappa shape index (κ2) is 11.2. The van der Waals surface area contributed by atoms with Crippen LogP contribution >= 0.6 is 0 Å². The van der Waals surface area contributed by atoms with Crippen LogP contribution in [0.25, 0.3) is 21.9 Å². The molecule has 12 heteroatoms. The molecule has 0 bridgehead atoms. The van der Waals surface area contributed by atoms with Crippen molar-refractivity contribution in [3.05, 3.63) is 84.7 Å². The highest BCUT2D eigenvalue weighted by atomic mass is 32.2. The molecule has 0 radical (unpaired) electrons. The molecular formula is C28H25F3N4O4S. The number of hydrogen-bond donors (Lipinski definition) is 2. The molecule has 0 unspecified atom stereocenters. The van der Waals surface area contributed by atoms with Crippen LogP contribution in [0.2, 0.25) is 0 Å². The van der Waals surface area contributed by atoms with E-state index in [1.165, 1.54) is 6.07 Å². The van der Waals surface area contributed by atoms with Gasteiger partial charge in [0.2, 0.25) is 0 Å². The van der Waals surface area contributed by atoms with Crippen molar-refractivity contribution in [3.63, 3.8) is 0 Å². The Morgan fingerprint density at radius 1 is 0.925 bits per heavy atom. The molecule has 2 heterocycles. The van der Waals surface area contributed by atoms with Gasteiger partial charge >= 0.3 is 11.5 Å². The summed E-state index contributed by atoms with van der Waals surface area (Å²) in [6.45, 7) is 3.92. The summed E-state index contributed by atoms with van der Waals surface area (Å²) in [7, 11) is -5.55. The maximum Gasteiger partial charge on any atom is 0.501 e. The van der Waals surface area contributed by atoms with Crippen molar-refractivity contribution in [2.75, 3.05) is 36.9 Å². The number of sulfone groups is 1. The number of aromatic nitrogens is 1. The first-order valence-corrected chi connectivity index (χ1v) is 13.9. The second-order valence-corrected chi connectivity index (χ2v) is 11.1. The largest absolute Gasteiger partial charge is 0.501 e. The second-order valence-electron chi connectivity index (χ2n) is 9.19. The number of carbonyl (C=O) groups excluding carboxylic acids is 1. The van der Waals surface area contributed by atoms with E-state index in [1.807, 2.05) is 48.7 Å². The van der Waals surface area contributed by atoms with E-state index in [0.29, 0.717) is 5.69 Å². The maximum absolute atomic E-state index is 12.9. The van der Waals surface area contributed by atoms with Crippen molar-refractivity contribution in [1.29, 1.82) is 0 Å². The van der Waals surface area contributed by atoms with Gasteiger partial charge in [0.1, 0.15) is 0 Å². The first kappa shape index (κ1) is 27.6. The predicted octanol–water partition coefficient (Wildman–Crippen LogP) is 5.67. The van der Waals surface area contributed by atoms with Crippen molar-refractivity contribution in [1.82, 2.24) is 9.88 Å². The molecular weight excluding hydrogens is 545 g/mol. The molecule has 3 aromatic carbocycles. The summed E-state index contributed by atoms with van der Waals surface area (Å²) in [5, 5.41) is 6.70. The molecule has 1 aliphatic heterocycles. The van der Waals surface area contributed by atoms with Crippen LogP contribution in [-0.2, 0) is 21.1 Å². The van der Waals surface area contributed by atoms with Crippen LogP contribution in [0.1, 0.15) is 5.69 Å². The van der Waals surface area contributed by atoms with E-state index < -0.39 is 26.3 Å². The van der Waals surface area contributed by atoms with Crippen LogP contribution < -0.4 is 10.6 Å². The topological polar surface area (TPSA) is 101 Å². The van der Waals surface area contributed by atoms with Gasteiger partial charge in [-0.2, -0.15) is 13.2 Å². The molecule has 8 nitrogen and oxygen atoms in total. The summed E-state index contributed by atoms with van der Waals surface area (Å²) in [6.07, 6.45) is 1.82. The number of ether oxygens (including phenoxy) is 1. The third-order valence-corrected chi connectivity index (χ3v) is 7.99. The number of pyridine rings is 1. The molecule has 2 amide bonds. The minimum absolute atomic E-state index is 0.105. The molecule has 1 fully saturated rings. The van der Waals surface area contributed by atoms with Crippen LogP contribution in [0.5, 0.6) is 0 Å². The smallest absolute Gasteiger partial charge is 0.379 e. The Labute approximate surface area is 228 Å². The Bertz CT molecular complexity index is 1640. The minimum atomic E-state index is -5.55. The Balaban J connectivity index is 1.34. The van der Waals surface area contributed by atoms with E-state index in [4.69, 9.17) is 4.74 Å². The van der Waals surface area contributed by atoms with Crippen LogP contribution in [-0.4, -0.2) is 56.1 Å². The molecule has 1 aliphatic rings. The molecule has 0 atom stereocenters. The summed E-state index contributed by atoms with van der Waals surface area (Å²) in [5.74, 6) is 0. The number of amides is 2. The average molecular weight is 571 g/mol.